The number of nitrogens with zero attached hydrogens (tertiary/aromatic N) is 2. The van der Waals surface area contributed by atoms with Gasteiger partial charge in [-0.3, -0.25) is 9.59 Å². The number of primary amides is 1. The van der Waals surface area contributed by atoms with Gasteiger partial charge < -0.3 is 25.1 Å². The summed E-state index contributed by atoms with van der Waals surface area (Å²) in [7, 11) is 0. The first-order valence-corrected chi connectivity index (χ1v) is 11.5. The molecule has 1 atom stereocenters. The number of amides is 2. The molecule has 3 N–H and O–H groups in total. The molecule has 1 saturated heterocycles. The van der Waals surface area contributed by atoms with Crippen molar-refractivity contribution in [2.24, 2.45) is 11.7 Å². The molecule has 0 spiro atoms. The molecule has 0 radical (unpaired) electrons. The number of pyridine rings is 1. The number of aromatic nitrogens is 1. The fourth-order valence-corrected chi connectivity index (χ4v) is 4.74. The van der Waals surface area contributed by atoms with Crippen LogP contribution in [0.5, 0.6) is 5.75 Å². The van der Waals surface area contributed by atoms with Gasteiger partial charge in [0.1, 0.15) is 22.9 Å². The van der Waals surface area contributed by atoms with E-state index in [0.717, 1.165) is 61.2 Å². The number of aryl methyl sites for hydroxylation is 2. The third-order valence-electron chi connectivity index (χ3n) is 6.48. The van der Waals surface area contributed by atoms with Crippen molar-refractivity contribution in [3.63, 3.8) is 0 Å². The number of fused-ring (bicyclic) bond motifs is 3. The highest BCUT2D eigenvalue weighted by Crippen LogP contribution is 2.34. The zero-order valence-corrected chi connectivity index (χ0v) is 18.5. The van der Waals surface area contributed by atoms with Gasteiger partial charge in [0.25, 0.3) is 5.91 Å². The minimum atomic E-state index is -0.268. The Bertz CT molecular complexity index is 1170. The third kappa shape index (κ3) is 4.65. The van der Waals surface area contributed by atoms with Gasteiger partial charge in [-0.1, -0.05) is 0 Å². The van der Waals surface area contributed by atoms with E-state index < -0.39 is 0 Å². The molecule has 3 heterocycles. The topological polar surface area (TPSA) is 111 Å². The van der Waals surface area contributed by atoms with Crippen molar-refractivity contribution >= 4 is 34.3 Å². The van der Waals surface area contributed by atoms with Gasteiger partial charge in [-0.05, 0) is 62.4 Å². The van der Waals surface area contributed by atoms with E-state index in [9.17, 15) is 9.59 Å². The summed E-state index contributed by atoms with van der Waals surface area (Å²) in [6, 6.07) is 9.35. The second kappa shape index (κ2) is 9.13. The Morgan fingerprint density at radius 1 is 1.18 bits per heavy atom. The summed E-state index contributed by atoms with van der Waals surface area (Å²) in [5, 5.41) is 3.90. The van der Waals surface area contributed by atoms with Crippen LogP contribution in [0.3, 0.4) is 0 Å². The summed E-state index contributed by atoms with van der Waals surface area (Å²) in [6.07, 6.45) is 7.68. The van der Waals surface area contributed by atoms with Crippen molar-refractivity contribution in [3.05, 3.63) is 47.9 Å². The normalized spacial score (nSPS) is 18.1. The first-order chi connectivity index (χ1) is 16.1. The van der Waals surface area contributed by atoms with Gasteiger partial charge in [0, 0.05) is 30.5 Å². The van der Waals surface area contributed by atoms with Crippen molar-refractivity contribution in [3.8, 4) is 5.75 Å². The van der Waals surface area contributed by atoms with E-state index in [-0.39, 0.29) is 24.3 Å². The van der Waals surface area contributed by atoms with Crippen molar-refractivity contribution in [2.75, 3.05) is 29.9 Å². The Balaban J connectivity index is 1.17. The molecule has 33 heavy (non-hydrogen) atoms. The minimum Gasteiger partial charge on any atom is -0.484 e. The van der Waals surface area contributed by atoms with E-state index in [1.165, 1.54) is 12.0 Å². The van der Waals surface area contributed by atoms with E-state index in [4.69, 9.17) is 14.9 Å². The molecule has 2 aliphatic rings. The number of piperidine rings is 1. The standard InChI is InChI=1S/C25H28N4O4/c26-25(31)16-4-3-11-29(14-16)23-10-7-17(13-27-23)28-24(30)15-32-18-8-9-22-20(12-18)19-5-1-2-6-21(19)33-22/h7-10,12-13,16H,1-6,11,14-15H2,(H2,26,31)(H,28,30). The summed E-state index contributed by atoms with van der Waals surface area (Å²) in [6.45, 7) is 1.31. The zero-order valence-electron chi connectivity index (χ0n) is 18.5. The maximum atomic E-state index is 12.4. The predicted octanol–water partition coefficient (Wildman–Crippen LogP) is 3.43. The molecule has 1 aliphatic carbocycles. The van der Waals surface area contributed by atoms with E-state index >= 15 is 0 Å². The zero-order chi connectivity index (χ0) is 22.8. The summed E-state index contributed by atoms with van der Waals surface area (Å²) in [5.41, 5.74) is 8.20. The van der Waals surface area contributed by atoms with Gasteiger partial charge in [-0.25, -0.2) is 4.98 Å². The Kier molecular flexibility index (Phi) is 5.90. The summed E-state index contributed by atoms with van der Waals surface area (Å²) >= 11 is 0. The van der Waals surface area contributed by atoms with Gasteiger partial charge in [0.15, 0.2) is 6.61 Å². The number of rotatable bonds is 6. The molecule has 2 aromatic heterocycles. The van der Waals surface area contributed by atoms with E-state index in [1.807, 2.05) is 24.3 Å². The minimum absolute atomic E-state index is 0.0975. The van der Waals surface area contributed by atoms with Crippen LogP contribution in [0.25, 0.3) is 11.0 Å². The molecule has 3 aromatic rings. The molecule has 8 nitrogen and oxygen atoms in total. The molecule has 1 fully saturated rings. The third-order valence-corrected chi connectivity index (χ3v) is 6.48. The van der Waals surface area contributed by atoms with Crippen LogP contribution in [0.2, 0.25) is 0 Å². The number of ether oxygens (including phenoxy) is 1. The number of benzene rings is 1. The van der Waals surface area contributed by atoms with Crippen molar-refractivity contribution in [2.45, 2.75) is 38.5 Å². The van der Waals surface area contributed by atoms with Gasteiger partial charge in [-0.15, -0.1) is 0 Å². The number of anilines is 2. The quantitative estimate of drug-likeness (QED) is 0.598. The number of carbonyl (C=O) groups excluding carboxylic acids is 2. The molecular weight excluding hydrogens is 420 g/mol. The average molecular weight is 449 g/mol. The number of hydrogen-bond acceptors (Lipinski definition) is 6. The summed E-state index contributed by atoms with van der Waals surface area (Å²) in [4.78, 5) is 30.4. The van der Waals surface area contributed by atoms with Gasteiger partial charge in [0.2, 0.25) is 5.91 Å². The van der Waals surface area contributed by atoms with Crippen molar-refractivity contribution in [1.29, 1.82) is 0 Å². The molecule has 172 valence electrons. The maximum Gasteiger partial charge on any atom is 0.262 e. The number of hydrogen-bond donors (Lipinski definition) is 2. The van der Waals surface area contributed by atoms with Crippen LogP contribution >= 0.6 is 0 Å². The average Bonchev–Trinajstić information content (AvgIpc) is 3.21. The molecule has 1 aromatic carbocycles. The summed E-state index contributed by atoms with van der Waals surface area (Å²) < 4.78 is 11.7. The summed E-state index contributed by atoms with van der Waals surface area (Å²) in [5.74, 6) is 1.82. The molecular formula is C25H28N4O4. The Morgan fingerprint density at radius 3 is 2.88 bits per heavy atom. The highest BCUT2D eigenvalue weighted by atomic mass is 16.5. The van der Waals surface area contributed by atoms with E-state index in [0.29, 0.717) is 18.0 Å². The molecule has 1 unspecified atom stereocenters. The number of nitrogens with two attached hydrogens (primary N) is 1. The van der Waals surface area contributed by atoms with Crippen molar-refractivity contribution < 1.29 is 18.7 Å². The first kappa shape index (κ1) is 21.3. The molecule has 0 bridgehead atoms. The molecule has 0 saturated carbocycles. The van der Waals surface area contributed by atoms with Gasteiger partial charge >= 0.3 is 0 Å². The lowest BCUT2D eigenvalue weighted by molar-refractivity contribution is -0.122. The Hall–Kier alpha value is -3.55. The number of furan rings is 1. The molecule has 1 aliphatic heterocycles. The number of carbonyl (C=O) groups is 2. The number of nitrogens with one attached hydrogen (secondary N) is 1. The molecule has 2 amide bonds. The van der Waals surface area contributed by atoms with Gasteiger partial charge in [0.05, 0.1) is 17.8 Å². The fourth-order valence-electron chi connectivity index (χ4n) is 4.74. The molecule has 8 heteroatoms. The van der Waals surface area contributed by atoms with Crippen molar-refractivity contribution in [1.82, 2.24) is 4.98 Å². The maximum absolute atomic E-state index is 12.4. The Morgan fingerprint density at radius 2 is 2.06 bits per heavy atom. The van der Waals surface area contributed by atoms with Crippen LogP contribution in [-0.4, -0.2) is 36.5 Å². The lowest BCUT2D eigenvalue weighted by Gasteiger charge is -2.32. The fraction of sp³-hybridized carbons (Fsp3) is 0.400. The largest absolute Gasteiger partial charge is 0.484 e. The van der Waals surface area contributed by atoms with Crippen LogP contribution in [0, 0.1) is 5.92 Å². The lowest BCUT2D eigenvalue weighted by atomic mass is 9.96. The van der Waals surface area contributed by atoms with Crippen LogP contribution in [0.4, 0.5) is 11.5 Å². The second-order valence-electron chi connectivity index (χ2n) is 8.80. The smallest absolute Gasteiger partial charge is 0.262 e. The van der Waals surface area contributed by atoms with Crippen LogP contribution in [0.15, 0.2) is 40.9 Å². The van der Waals surface area contributed by atoms with Gasteiger partial charge in [-0.2, -0.15) is 0 Å². The van der Waals surface area contributed by atoms with E-state index in [2.05, 4.69) is 15.2 Å². The first-order valence-electron chi connectivity index (χ1n) is 11.5. The molecule has 5 rings (SSSR count). The highest BCUT2D eigenvalue weighted by molar-refractivity contribution is 5.92. The van der Waals surface area contributed by atoms with Crippen LogP contribution < -0.4 is 20.7 Å². The Labute approximate surface area is 192 Å². The lowest BCUT2D eigenvalue weighted by Crippen LogP contribution is -2.41. The monoisotopic (exact) mass is 448 g/mol. The SMILES string of the molecule is NC(=O)C1CCCN(c2ccc(NC(=O)COc3ccc4oc5c(c4c3)CCCC5)cn2)C1. The van der Waals surface area contributed by atoms with Crippen LogP contribution in [0.1, 0.15) is 37.0 Å². The highest BCUT2D eigenvalue weighted by Gasteiger charge is 2.24. The van der Waals surface area contributed by atoms with Crippen LogP contribution in [-0.2, 0) is 22.4 Å². The second-order valence-corrected chi connectivity index (χ2v) is 8.80. The van der Waals surface area contributed by atoms with E-state index in [1.54, 1.807) is 12.3 Å². The predicted molar refractivity (Wildman–Crippen MR) is 125 cm³/mol.